The van der Waals surface area contributed by atoms with E-state index in [-0.39, 0.29) is 32.6 Å². The van der Waals surface area contributed by atoms with Gasteiger partial charge in [-0.15, -0.1) is 0 Å². The Morgan fingerprint density at radius 3 is 2.55 bits per heavy atom. The van der Waals surface area contributed by atoms with Gasteiger partial charge in [-0.1, -0.05) is 23.2 Å². The molecule has 0 spiro atoms. The molecule has 0 fully saturated rings. The van der Waals surface area contributed by atoms with Crippen molar-refractivity contribution in [2.24, 2.45) is 0 Å². The quantitative estimate of drug-likeness (QED) is 0.682. The molecule has 116 valence electrons. The van der Waals surface area contributed by atoms with Crippen molar-refractivity contribution in [3.05, 3.63) is 45.1 Å². The van der Waals surface area contributed by atoms with E-state index < -0.39 is 11.8 Å². The molecule has 0 saturated heterocycles. The Labute approximate surface area is 136 Å². The number of hydrogen-bond donors (Lipinski definition) is 1. The smallest absolute Gasteiger partial charge is 0.340 e. The first-order chi connectivity index (χ1) is 10.4. The van der Waals surface area contributed by atoms with Crippen LogP contribution in [0.1, 0.15) is 33.2 Å². The van der Waals surface area contributed by atoms with Crippen LogP contribution in [0, 0.1) is 0 Å². The molecule has 1 aromatic heterocycles. The van der Waals surface area contributed by atoms with Crippen molar-refractivity contribution < 1.29 is 19.4 Å². The first-order valence-electron chi connectivity index (χ1n) is 6.28. The summed E-state index contributed by atoms with van der Waals surface area (Å²) >= 11 is 12.0. The van der Waals surface area contributed by atoms with Crippen molar-refractivity contribution in [1.82, 2.24) is 9.78 Å². The molecule has 2 rings (SSSR count). The molecule has 0 aliphatic carbocycles. The van der Waals surface area contributed by atoms with Gasteiger partial charge in [-0.2, -0.15) is 5.10 Å². The Morgan fingerprint density at radius 2 is 2.00 bits per heavy atom. The average Bonchev–Trinajstić information content (AvgIpc) is 2.87. The van der Waals surface area contributed by atoms with Crippen LogP contribution in [0.2, 0.25) is 10.0 Å². The number of aryl methyl sites for hydroxylation is 1. The largest absolute Gasteiger partial charge is 0.493 e. The number of rotatable bonds is 4. The van der Waals surface area contributed by atoms with E-state index in [2.05, 4.69) is 9.84 Å². The molecular weight excluding hydrogens is 331 g/mol. The molecule has 0 bridgehead atoms. The Balaban J connectivity index is 2.55. The standard InChI is InChI=1S/C14H12Cl2N2O4/c1-3-18-13(20)8(6-17-18)12(19)7-4-5-9(15)10(11(7)16)14(21)22-2/h4-6,20H,3H2,1-2H3. The minimum atomic E-state index is -0.752. The fraction of sp³-hybridized carbons (Fsp3) is 0.214. The normalized spacial score (nSPS) is 10.5. The van der Waals surface area contributed by atoms with Gasteiger partial charge in [-0.05, 0) is 19.1 Å². The van der Waals surface area contributed by atoms with Crippen LogP contribution < -0.4 is 0 Å². The lowest BCUT2D eigenvalue weighted by Gasteiger charge is -2.09. The van der Waals surface area contributed by atoms with Gasteiger partial charge in [0.2, 0.25) is 11.7 Å². The van der Waals surface area contributed by atoms with Gasteiger partial charge in [0.05, 0.1) is 28.9 Å². The molecule has 1 N–H and O–H groups in total. The van der Waals surface area contributed by atoms with Crippen LogP contribution >= 0.6 is 23.2 Å². The number of methoxy groups -OCH3 is 1. The fourth-order valence-corrected chi connectivity index (χ4v) is 2.54. The summed E-state index contributed by atoms with van der Waals surface area (Å²) in [5, 5.41) is 13.8. The van der Waals surface area contributed by atoms with Crippen molar-refractivity contribution in [3.63, 3.8) is 0 Å². The van der Waals surface area contributed by atoms with Crippen LogP contribution in [0.3, 0.4) is 0 Å². The Morgan fingerprint density at radius 1 is 1.32 bits per heavy atom. The molecule has 0 saturated carbocycles. The van der Waals surface area contributed by atoms with Gasteiger partial charge in [-0.3, -0.25) is 4.79 Å². The van der Waals surface area contributed by atoms with Gasteiger partial charge < -0.3 is 9.84 Å². The molecule has 6 nitrogen and oxygen atoms in total. The summed E-state index contributed by atoms with van der Waals surface area (Å²) in [5.41, 5.74) is -0.0848. The predicted octanol–water partition coefficient (Wildman–Crippen LogP) is 2.93. The van der Waals surface area contributed by atoms with Crippen molar-refractivity contribution >= 4 is 35.0 Å². The molecular formula is C14H12Cl2N2O4. The zero-order valence-electron chi connectivity index (χ0n) is 11.8. The van der Waals surface area contributed by atoms with E-state index in [1.165, 1.54) is 30.1 Å². The van der Waals surface area contributed by atoms with E-state index in [0.29, 0.717) is 6.54 Å². The SMILES string of the molecule is CCn1ncc(C(=O)c2ccc(Cl)c(C(=O)OC)c2Cl)c1O. The van der Waals surface area contributed by atoms with E-state index in [1.807, 2.05) is 0 Å². The first kappa shape index (κ1) is 16.3. The Bertz CT molecular complexity index is 756. The third-order valence-electron chi connectivity index (χ3n) is 3.08. The van der Waals surface area contributed by atoms with E-state index in [4.69, 9.17) is 23.2 Å². The number of halogens is 2. The summed E-state index contributed by atoms with van der Waals surface area (Å²) in [4.78, 5) is 24.2. The zero-order chi connectivity index (χ0) is 16.4. The Kier molecular flexibility index (Phi) is 4.73. The number of nitrogens with zero attached hydrogens (tertiary/aromatic N) is 2. The number of aromatic nitrogens is 2. The monoisotopic (exact) mass is 342 g/mol. The lowest BCUT2D eigenvalue weighted by molar-refractivity contribution is 0.0601. The van der Waals surface area contributed by atoms with E-state index in [1.54, 1.807) is 6.92 Å². The summed E-state index contributed by atoms with van der Waals surface area (Å²) in [7, 11) is 1.18. The average molecular weight is 343 g/mol. The molecule has 0 radical (unpaired) electrons. The lowest BCUT2D eigenvalue weighted by Crippen LogP contribution is -2.09. The third kappa shape index (κ3) is 2.67. The topological polar surface area (TPSA) is 81.4 Å². The highest BCUT2D eigenvalue weighted by Crippen LogP contribution is 2.31. The highest BCUT2D eigenvalue weighted by atomic mass is 35.5. The van der Waals surface area contributed by atoms with E-state index in [0.717, 1.165) is 0 Å². The number of ketones is 1. The molecule has 2 aromatic rings. The highest BCUT2D eigenvalue weighted by molar-refractivity contribution is 6.41. The van der Waals surface area contributed by atoms with Gasteiger partial charge in [0, 0.05) is 12.1 Å². The van der Waals surface area contributed by atoms with Gasteiger partial charge >= 0.3 is 5.97 Å². The first-order valence-corrected chi connectivity index (χ1v) is 7.03. The summed E-state index contributed by atoms with van der Waals surface area (Å²) in [6, 6.07) is 2.75. The number of hydrogen-bond acceptors (Lipinski definition) is 5. The number of aromatic hydroxyl groups is 1. The number of carbonyl (C=O) groups excluding carboxylic acids is 2. The van der Waals surface area contributed by atoms with Crippen molar-refractivity contribution in [3.8, 4) is 5.88 Å². The van der Waals surface area contributed by atoms with Crippen LogP contribution in [0.5, 0.6) is 5.88 Å². The number of ether oxygens (including phenoxy) is 1. The number of esters is 1. The van der Waals surface area contributed by atoms with Gasteiger partial charge in [0.1, 0.15) is 5.56 Å². The molecule has 1 heterocycles. The van der Waals surface area contributed by atoms with E-state index in [9.17, 15) is 14.7 Å². The van der Waals surface area contributed by atoms with Crippen molar-refractivity contribution in [2.45, 2.75) is 13.5 Å². The molecule has 0 aliphatic heterocycles. The second-order valence-electron chi connectivity index (χ2n) is 4.30. The van der Waals surface area contributed by atoms with Gasteiger partial charge in [0.25, 0.3) is 0 Å². The lowest BCUT2D eigenvalue weighted by atomic mass is 10.0. The fourth-order valence-electron chi connectivity index (χ4n) is 1.93. The van der Waals surface area contributed by atoms with Gasteiger partial charge in [0.15, 0.2) is 0 Å². The molecule has 0 aliphatic rings. The molecule has 1 aromatic carbocycles. The number of benzene rings is 1. The predicted molar refractivity (Wildman–Crippen MR) is 80.8 cm³/mol. The van der Waals surface area contributed by atoms with Gasteiger partial charge in [-0.25, -0.2) is 9.48 Å². The number of carbonyl (C=O) groups is 2. The maximum atomic E-state index is 12.5. The van der Waals surface area contributed by atoms with E-state index >= 15 is 0 Å². The molecule has 0 atom stereocenters. The highest BCUT2D eigenvalue weighted by Gasteiger charge is 2.25. The Hall–Kier alpha value is -2.05. The summed E-state index contributed by atoms with van der Waals surface area (Å²) < 4.78 is 5.86. The summed E-state index contributed by atoms with van der Waals surface area (Å²) in [6.45, 7) is 2.17. The second kappa shape index (κ2) is 6.37. The van der Waals surface area contributed by atoms with Crippen LogP contribution in [0.4, 0.5) is 0 Å². The molecule has 8 heteroatoms. The van der Waals surface area contributed by atoms with Crippen molar-refractivity contribution in [1.29, 1.82) is 0 Å². The molecule has 0 amide bonds. The third-order valence-corrected chi connectivity index (χ3v) is 3.79. The zero-order valence-corrected chi connectivity index (χ0v) is 13.3. The maximum Gasteiger partial charge on any atom is 0.340 e. The summed E-state index contributed by atoms with van der Waals surface area (Å²) in [6.07, 6.45) is 1.24. The van der Waals surface area contributed by atoms with Crippen molar-refractivity contribution in [2.75, 3.05) is 7.11 Å². The summed E-state index contributed by atoms with van der Waals surface area (Å²) in [5.74, 6) is -1.58. The van der Waals surface area contributed by atoms with Crippen LogP contribution in [-0.2, 0) is 11.3 Å². The maximum absolute atomic E-state index is 12.5. The van der Waals surface area contributed by atoms with Crippen LogP contribution in [-0.4, -0.2) is 33.7 Å². The van der Waals surface area contributed by atoms with Crippen LogP contribution in [0.25, 0.3) is 0 Å². The second-order valence-corrected chi connectivity index (χ2v) is 5.09. The van der Waals surface area contributed by atoms with Crippen LogP contribution in [0.15, 0.2) is 18.3 Å². The minimum Gasteiger partial charge on any atom is -0.493 e. The molecule has 0 unspecified atom stereocenters. The molecule has 22 heavy (non-hydrogen) atoms. The minimum absolute atomic E-state index is 0.0121.